The van der Waals surface area contributed by atoms with Gasteiger partial charge in [0.05, 0.1) is 43.0 Å². The fraction of sp³-hybridized carbons (Fsp3) is 0.179. The molecule has 1 N–H and O–H groups in total. The molecule has 0 aliphatic heterocycles. The SMILES string of the molecule is CC(C)n1cnc2cnc3ccc(C#CCNC(=O)c4cncn(Cc5ccc(F)c(F)c5)c4=O)cc3c21. The molecular weight excluding hydrogens is 490 g/mol. The molecule has 190 valence electrons. The van der Waals surface area contributed by atoms with Crippen molar-refractivity contribution in [3.63, 3.8) is 0 Å². The zero-order chi connectivity index (χ0) is 26.8. The van der Waals surface area contributed by atoms with Crippen molar-refractivity contribution in [2.75, 3.05) is 6.54 Å². The molecule has 0 spiro atoms. The molecular formula is C28H22F2N6O2. The maximum Gasteiger partial charge on any atom is 0.266 e. The van der Waals surface area contributed by atoms with E-state index in [0.29, 0.717) is 5.56 Å². The van der Waals surface area contributed by atoms with Crippen LogP contribution in [0.2, 0.25) is 0 Å². The number of aromatic nitrogens is 5. The number of amides is 1. The van der Waals surface area contributed by atoms with Crippen LogP contribution in [-0.2, 0) is 6.54 Å². The van der Waals surface area contributed by atoms with Crippen LogP contribution >= 0.6 is 0 Å². The van der Waals surface area contributed by atoms with Gasteiger partial charge in [0.1, 0.15) is 11.1 Å². The molecule has 5 aromatic rings. The third-order valence-electron chi connectivity index (χ3n) is 6.01. The molecule has 3 heterocycles. The lowest BCUT2D eigenvalue weighted by atomic mass is 10.1. The number of hydrogen-bond donors (Lipinski definition) is 1. The lowest BCUT2D eigenvalue weighted by Gasteiger charge is -2.10. The Balaban J connectivity index is 1.31. The maximum absolute atomic E-state index is 13.5. The highest BCUT2D eigenvalue weighted by molar-refractivity contribution is 6.02. The van der Waals surface area contributed by atoms with Crippen molar-refractivity contribution in [1.82, 2.24) is 29.4 Å². The van der Waals surface area contributed by atoms with Crippen molar-refractivity contribution < 1.29 is 13.6 Å². The number of carbonyl (C=O) groups is 1. The predicted octanol–water partition coefficient (Wildman–Crippen LogP) is 3.83. The van der Waals surface area contributed by atoms with Gasteiger partial charge in [-0.15, -0.1) is 0 Å². The largest absolute Gasteiger partial charge is 0.341 e. The van der Waals surface area contributed by atoms with Crippen LogP contribution in [0.4, 0.5) is 8.78 Å². The van der Waals surface area contributed by atoms with E-state index in [1.807, 2.05) is 18.2 Å². The number of hydrogen-bond acceptors (Lipinski definition) is 5. The fourth-order valence-electron chi connectivity index (χ4n) is 4.11. The van der Waals surface area contributed by atoms with Gasteiger partial charge in [0.25, 0.3) is 11.5 Å². The van der Waals surface area contributed by atoms with E-state index in [4.69, 9.17) is 0 Å². The van der Waals surface area contributed by atoms with Crippen LogP contribution in [-0.4, -0.2) is 36.5 Å². The van der Waals surface area contributed by atoms with E-state index in [9.17, 15) is 18.4 Å². The quantitative estimate of drug-likeness (QED) is 0.361. The highest BCUT2D eigenvalue weighted by atomic mass is 19.2. The van der Waals surface area contributed by atoms with Crippen LogP contribution in [0.15, 0.2) is 66.2 Å². The highest BCUT2D eigenvalue weighted by Gasteiger charge is 2.14. The minimum absolute atomic E-state index is 0.000749. The Bertz CT molecular complexity index is 1810. The first-order valence-corrected chi connectivity index (χ1v) is 11.8. The van der Waals surface area contributed by atoms with Crippen LogP contribution in [0, 0.1) is 23.5 Å². The molecule has 3 aromatic heterocycles. The van der Waals surface area contributed by atoms with Gasteiger partial charge in [-0.25, -0.2) is 18.7 Å². The minimum Gasteiger partial charge on any atom is -0.341 e. The Morgan fingerprint density at radius 3 is 2.66 bits per heavy atom. The van der Waals surface area contributed by atoms with E-state index in [-0.39, 0.29) is 24.7 Å². The molecule has 0 fully saturated rings. The molecule has 0 atom stereocenters. The number of imidazole rings is 1. The van der Waals surface area contributed by atoms with Crippen LogP contribution in [0.3, 0.4) is 0 Å². The van der Waals surface area contributed by atoms with Gasteiger partial charge in [0, 0.05) is 23.2 Å². The van der Waals surface area contributed by atoms with E-state index in [1.165, 1.54) is 12.4 Å². The summed E-state index contributed by atoms with van der Waals surface area (Å²) in [4.78, 5) is 38.2. The first-order chi connectivity index (χ1) is 18.3. The number of fused-ring (bicyclic) bond motifs is 3. The number of pyridine rings is 1. The summed E-state index contributed by atoms with van der Waals surface area (Å²) in [5.41, 5.74) is 2.92. The van der Waals surface area contributed by atoms with Crippen molar-refractivity contribution in [1.29, 1.82) is 0 Å². The molecule has 38 heavy (non-hydrogen) atoms. The smallest absolute Gasteiger partial charge is 0.266 e. The number of carbonyl (C=O) groups excluding carboxylic acids is 1. The molecule has 5 rings (SSSR count). The molecule has 0 saturated heterocycles. The molecule has 2 aromatic carbocycles. The number of halogens is 2. The summed E-state index contributed by atoms with van der Waals surface area (Å²) >= 11 is 0. The summed E-state index contributed by atoms with van der Waals surface area (Å²) in [5, 5.41) is 3.53. The molecule has 8 nitrogen and oxygen atoms in total. The zero-order valence-corrected chi connectivity index (χ0v) is 20.6. The van der Waals surface area contributed by atoms with Gasteiger partial charge in [-0.05, 0) is 49.7 Å². The first-order valence-electron chi connectivity index (χ1n) is 11.8. The van der Waals surface area contributed by atoms with Gasteiger partial charge >= 0.3 is 0 Å². The molecule has 0 unspecified atom stereocenters. The fourth-order valence-corrected chi connectivity index (χ4v) is 4.11. The molecule has 0 saturated carbocycles. The lowest BCUT2D eigenvalue weighted by molar-refractivity contribution is 0.0956. The second kappa shape index (κ2) is 10.2. The van der Waals surface area contributed by atoms with Gasteiger partial charge in [-0.1, -0.05) is 17.9 Å². The Hall–Kier alpha value is -4.91. The van der Waals surface area contributed by atoms with E-state index in [2.05, 4.69) is 50.5 Å². The van der Waals surface area contributed by atoms with Crippen molar-refractivity contribution in [2.24, 2.45) is 0 Å². The third-order valence-corrected chi connectivity index (χ3v) is 6.01. The van der Waals surface area contributed by atoms with E-state index in [1.54, 1.807) is 12.5 Å². The highest BCUT2D eigenvalue weighted by Crippen LogP contribution is 2.26. The van der Waals surface area contributed by atoms with Crippen LogP contribution in [0.5, 0.6) is 0 Å². The summed E-state index contributed by atoms with van der Waals surface area (Å²) in [6.45, 7) is 4.10. The van der Waals surface area contributed by atoms with Gasteiger partial charge in [-0.2, -0.15) is 0 Å². The summed E-state index contributed by atoms with van der Waals surface area (Å²) in [6, 6.07) is 9.24. The Morgan fingerprint density at radius 1 is 1.03 bits per heavy atom. The Kier molecular flexibility index (Phi) is 6.66. The van der Waals surface area contributed by atoms with Crippen LogP contribution in [0.25, 0.3) is 21.9 Å². The third kappa shape index (κ3) is 4.86. The summed E-state index contributed by atoms with van der Waals surface area (Å²) in [7, 11) is 0. The van der Waals surface area contributed by atoms with Crippen molar-refractivity contribution in [2.45, 2.75) is 26.4 Å². The number of nitrogens with zero attached hydrogens (tertiary/aromatic N) is 5. The second-order valence-corrected chi connectivity index (χ2v) is 8.94. The number of benzene rings is 2. The summed E-state index contributed by atoms with van der Waals surface area (Å²) < 4.78 is 29.9. The van der Waals surface area contributed by atoms with Gasteiger partial charge in [-0.3, -0.25) is 19.1 Å². The molecule has 10 heteroatoms. The van der Waals surface area contributed by atoms with Gasteiger partial charge in [0.2, 0.25) is 0 Å². The molecule has 0 radical (unpaired) electrons. The number of nitrogens with one attached hydrogen (secondary N) is 1. The molecule has 0 bridgehead atoms. The lowest BCUT2D eigenvalue weighted by Crippen LogP contribution is -2.33. The monoisotopic (exact) mass is 512 g/mol. The minimum atomic E-state index is -1.02. The van der Waals surface area contributed by atoms with Crippen LogP contribution < -0.4 is 10.9 Å². The normalized spacial score (nSPS) is 11.1. The number of rotatable bonds is 5. The topological polar surface area (TPSA) is 94.7 Å². The summed E-state index contributed by atoms with van der Waals surface area (Å²) in [5.74, 6) is 3.29. The maximum atomic E-state index is 13.5. The average molecular weight is 513 g/mol. The first kappa shape index (κ1) is 24.8. The van der Waals surface area contributed by atoms with Crippen LogP contribution in [0.1, 0.15) is 41.4 Å². The summed E-state index contributed by atoms with van der Waals surface area (Å²) in [6.07, 6.45) is 5.94. The van der Waals surface area contributed by atoms with Gasteiger partial charge in [0.15, 0.2) is 11.6 Å². The standard InChI is InChI=1S/C28H22F2N6O2/c1-17(2)36-16-34-25-13-33-24-8-6-18(10-20(24)26(25)36)4-3-9-32-27(37)21-12-31-15-35(28(21)38)14-19-5-7-22(29)23(30)11-19/h5-8,10-13,15-17H,9,14H2,1-2H3,(H,32,37). The second-order valence-electron chi connectivity index (χ2n) is 8.94. The van der Waals surface area contributed by atoms with Crippen molar-refractivity contribution >= 4 is 27.8 Å². The molecule has 0 aliphatic rings. The Labute approximate surface area is 216 Å². The Morgan fingerprint density at radius 2 is 1.87 bits per heavy atom. The molecule has 1 amide bonds. The van der Waals surface area contributed by atoms with E-state index >= 15 is 0 Å². The average Bonchev–Trinajstić information content (AvgIpc) is 3.35. The van der Waals surface area contributed by atoms with Gasteiger partial charge < -0.3 is 9.88 Å². The van der Waals surface area contributed by atoms with Crippen molar-refractivity contribution in [3.8, 4) is 11.8 Å². The predicted molar refractivity (Wildman–Crippen MR) is 139 cm³/mol. The zero-order valence-electron chi connectivity index (χ0n) is 20.6. The van der Waals surface area contributed by atoms with Crippen molar-refractivity contribution in [3.05, 3.63) is 100 Å². The van der Waals surface area contributed by atoms with E-state index in [0.717, 1.165) is 50.4 Å². The van der Waals surface area contributed by atoms with E-state index < -0.39 is 23.1 Å². The molecule has 0 aliphatic carbocycles.